The number of fused-ring (bicyclic) bond motifs is 2. The first kappa shape index (κ1) is 22.9. The number of nitrogens with zero attached hydrogens (tertiary/aromatic N) is 4. The lowest BCUT2D eigenvalue weighted by Gasteiger charge is -2.30. The summed E-state index contributed by atoms with van der Waals surface area (Å²) < 4.78 is 2.45. The van der Waals surface area contributed by atoms with Crippen LogP contribution in [0.3, 0.4) is 0 Å². The third-order valence-electron chi connectivity index (χ3n) is 6.70. The highest BCUT2D eigenvalue weighted by Gasteiger charge is 2.20. The van der Waals surface area contributed by atoms with Crippen molar-refractivity contribution in [3.05, 3.63) is 59.7 Å². The summed E-state index contributed by atoms with van der Waals surface area (Å²) in [6.07, 6.45) is 10.8. The lowest BCUT2D eigenvalue weighted by atomic mass is 9.96. The molecule has 3 aromatic rings. The molecular formula is C27H39N5. The Kier molecular flexibility index (Phi) is 8.30. The van der Waals surface area contributed by atoms with Gasteiger partial charge in [0.25, 0.3) is 0 Å². The minimum absolute atomic E-state index is 0.737. The van der Waals surface area contributed by atoms with E-state index in [1.165, 1.54) is 74.2 Å². The van der Waals surface area contributed by atoms with Crippen molar-refractivity contribution in [1.82, 2.24) is 24.8 Å². The van der Waals surface area contributed by atoms with Gasteiger partial charge in [0.15, 0.2) is 0 Å². The first-order chi connectivity index (χ1) is 15.7. The van der Waals surface area contributed by atoms with Crippen molar-refractivity contribution < 1.29 is 0 Å². The highest BCUT2D eigenvalue weighted by molar-refractivity contribution is 5.75. The zero-order valence-electron chi connectivity index (χ0n) is 19.9. The summed E-state index contributed by atoms with van der Waals surface area (Å²) in [5.74, 6) is 1.92. The van der Waals surface area contributed by atoms with Gasteiger partial charge in [0.05, 0.1) is 17.6 Å². The highest BCUT2D eigenvalue weighted by atomic mass is 15.1. The maximum atomic E-state index is 4.86. The summed E-state index contributed by atoms with van der Waals surface area (Å²) in [4.78, 5) is 11.6. The van der Waals surface area contributed by atoms with Crippen LogP contribution in [0.2, 0.25) is 0 Å². The third-order valence-corrected chi connectivity index (χ3v) is 6.70. The van der Waals surface area contributed by atoms with Crippen LogP contribution < -0.4 is 5.32 Å². The summed E-state index contributed by atoms with van der Waals surface area (Å²) >= 11 is 0. The number of aryl methyl sites for hydroxylation is 2. The molecule has 0 bridgehead atoms. The molecule has 1 saturated heterocycles. The van der Waals surface area contributed by atoms with Crippen LogP contribution in [0.1, 0.15) is 56.1 Å². The number of nitrogens with one attached hydrogen (secondary N) is 1. The highest BCUT2D eigenvalue weighted by Crippen LogP contribution is 2.22. The average molecular weight is 434 g/mol. The van der Waals surface area contributed by atoms with Gasteiger partial charge in [0.1, 0.15) is 5.82 Å². The number of imidazole rings is 1. The number of benzene rings is 1. The maximum absolute atomic E-state index is 4.86. The number of piperidine rings is 1. The largest absolute Gasteiger partial charge is 0.327 e. The molecule has 3 heterocycles. The quantitative estimate of drug-likeness (QED) is 0.565. The molecule has 2 aromatic heterocycles. The van der Waals surface area contributed by atoms with Gasteiger partial charge in [-0.1, -0.05) is 25.1 Å². The Morgan fingerprint density at radius 2 is 1.94 bits per heavy atom. The second-order valence-corrected chi connectivity index (χ2v) is 9.39. The van der Waals surface area contributed by atoms with E-state index in [0.717, 1.165) is 37.5 Å². The average Bonchev–Trinajstić information content (AvgIpc) is 3.17. The number of rotatable bonds is 6. The second-order valence-electron chi connectivity index (χ2n) is 9.39. The molecule has 1 aliphatic heterocycles. The zero-order chi connectivity index (χ0) is 22.2. The van der Waals surface area contributed by atoms with Crippen molar-refractivity contribution in [2.45, 2.75) is 65.0 Å². The maximum Gasteiger partial charge on any atom is 0.123 e. The molecule has 0 unspecified atom stereocenters. The number of hydrogen-bond donors (Lipinski definition) is 1. The number of hydrogen-bond acceptors (Lipinski definition) is 4. The summed E-state index contributed by atoms with van der Waals surface area (Å²) in [5.41, 5.74) is 5.20. The Labute approximate surface area is 193 Å². The molecule has 0 amide bonds. The molecule has 0 spiro atoms. The SMILES string of the molecule is CCCNCc1nc2ccccc2n1C[C@H]1CCCN(C)C1.c1cnc2c(c1)CCCC2. The van der Waals surface area contributed by atoms with E-state index in [1.54, 1.807) is 0 Å². The molecule has 5 heteroatoms. The summed E-state index contributed by atoms with van der Waals surface area (Å²) in [6.45, 7) is 7.66. The summed E-state index contributed by atoms with van der Waals surface area (Å²) in [6, 6.07) is 12.8. The van der Waals surface area contributed by atoms with E-state index < -0.39 is 0 Å². The van der Waals surface area contributed by atoms with E-state index in [9.17, 15) is 0 Å². The van der Waals surface area contributed by atoms with Gasteiger partial charge in [-0.05, 0) is 94.8 Å². The standard InChI is InChI=1S/C18H28N4.C9H11N/c1-3-10-19-12-18-20-16-8-4-5-9-17(16)22(18)14-15-7-6-11-21(2)13-15;1-2-6-9-8(4-1)5-3-7-10-9/h4-5,8-9,15,19H,3,6-7,10-14H2,1-2H3;3,5,7H,1-2,4,6H2/t15-;/m0./s1. The lowest BCUT2D eigenvalue weighted by molar-refractivity contribution is 0.194. The van der Waals surface area contributed by atoms with Gasteiger partial charge in [-0.25, -0.2) is 4.98 Å². The van der Waals surface area contributed by atoms with E-state index in [0.29, 0.717) is 0 Å². The molecule has 0 saturated carbocycles. The number of para-hydroxylation sites is 2. The molecule has 1 N–H and O–H groups in total. The summed E-state index contributed by atoms with van der Waals surface area (Å²) in [7, 11) is 2.24. The molecule has 1 atom stereocenters. The molecule has 2 aliphatic rings. The molecule has 32 heavy (non-hydrogen) atoms. The summed E-state index contributed by atoms with van der Waals surface area (Å²) in [5, 5.41) is 3.50. The van der Waals surface area contributed by atoms with Crippen molar-refractivity contribution in [3.8, 4) is 0 Å². The van der Waals surface area contributed by atoms with Gasteiger partial charge in [0.2, 0.25) is 0 Å². The molecule has 0 radical (unpaired) electrons. The molecule has 5 rings (SSSR count). The van der Waals surface area contributed by atoms with Crippen LogP contribution in [-0.4, -0.2) is 46.1 Å². The van der Waals surface area contributed by atoms with Crippen LogP contribution in [0.5, 0.6) is 0 Å². The van der Waals surface area contributed by atoms with Gasteiger partial charge >= 0.3 is 0 Å². The molecule has 1 aromatic carbocycles. The van der Waals surface area contributed by atoms with Gasteiger partial charge in [-0.2, -0.15) is 0 Å². The fourth-order valence-corrected chi connectivity index (χ4v) is 5.05. The Balaban J connectivity index is 0.000000203. The fourth-order valence-electron chi connectivity index (χ4n) is 5.05. The minimum Gasteiger partial charge on any atom is -0.327 e. The van der Waals surface area contributed by atoms with Crippen LogP contribution in [0.15, 0.2) is 42.6 Å². The molecule has 172 valence electrons. The van der Waals surface area contributed by atoms with Crippen LogP contribution in [0.25, 0.3) is 11.0 Å². The number of pyridine rings is 1. The van der Waals surface area contributed by atoms with E-state index in [2.05, 4.69) is 64.1 Å². The van der Waals surface area contributed by atoms with Crippen LogP contribution in [0.4, 0.5) is 0 Å². The number of aromatic nitrogens is 3. The predicted molar refractivity (Wildman–Crippen MR) is 133 cm³/mol. The molecule has 1 aliphatic carbocycles. The van der Waals surface area contributed by atoms with Crippen molar-refractivity contribution >= 4 is 11.0 Å². The third kappa shape index (κ3) is 5.96. The molecule has 5 nitrogen and oxygen atoms in total. The minimum atomic E-state index is 0.737. The van der Waals surface area contributed by atoms with Crippen LogP contribution in [0, 0.1) is 5.92 Å². The normalized spacial score (nSPS) is 18.8. The van der Waals surface area contributed by atoms with Crippen molar-refractivity contribution in [2.24, 2.45) is 5.92 Å². The molecular weight excluding hydrogens is 394 g/mol. The monoisotopic (exact) mass is 433 g/mol. The Morgan fingerprint density at radius 3 is 2.78 bits per heavy atom. The van der Waals surface area contributed by atoms with E-state index in [4.69, 9.17) is 4.98 Å². The van der Waals surface area contributed by atoms with Gasteiger partial charge in [-0.15, -0.1) is 0 Å². The Bertz CT molecular complexity index is 954. The fraction of sp³-hybridized carbons (Fsp3) is 0.556. The van der Waals surface area contributed by atoms with Crippen molar-refractivity contribution in [1.29, 1.82) is 0 Å². The first-order valence-corrected chi connectivity index (χ1v) is 12.5. The van der Waals surface area contributed by atoms with Crippen molar-refractivity contribution in [3.63, 3.8) is 0 Å². The smallest absolute Gasteiger partial charge is 0.123 e. The Morgan fingerprint density at radius 1 is 1.06 bits per heavy atom. The van der Waals surface area contributed by atoms with Gasteiger partial charge < -0.3 is 14.8 Å². The topological polar surface area (TPSA) is 46.0 Å². The van der Waals surface area contributed by atoms with E-state index in [1.807, 2.05) is 12.3 Å². The number of likely N-dealkylation sites (tertiary alicyclic amines) is 1. The second kappa shape index (κ2) is 11.6. The van der Waals surface area contributed by atoms with Gasteiger partial charge in [0, 0.05) is 25.0 Å². The van der Waals surface area contributed by atoms with E-state index >= 15 is 0 Å². The first-order valence-electron chi connectivity index (χ1n) is 12.5. The lowest BCUT2D eigenvalue weighted by Crippen LogP contribution is -2.34. The van der Waals surface area contributed by atoms with Crippen molar-refractivity contribution in [2.75, 3.05) is 26.7 Å². The van der Waals surface area contributed by atoms with E-state index in [-0.39, 0.29) is 0 Å². The Hall–Kier alpha value is -2.24. The van der Waals surface area contributed by atoms with Crippen LogP contribution in [-0.2, 0) is 25.9 Å². The van der Waals surface area contributed by atoms with Gasteiger partial charge in [-0.3, -0.25) is 4.98 Å². The predicted octanol–water partition coefficient (Wildman–Crippen LogP) is 4.84. The zero-order valence-corrected chi connectivity index (χ0v) is 19.9. The van der Waals surface area contributed by atoms with Crippen LogP contribution >= 0.6 is 0 Å². The molecule has 1 fully saturated rings.